The summed E-state index contributed by atoms with van der Waals surface area (Å²) in [6, 6.07) is 10.1. The summed E-state index contributed by atoms with van der Waals surface area (Å²) >= 11 is 0. The number of fused-ring (bicyclic) bond motifs is 1. The van der Waals surface area contributed by atoms with Gasteiger partial charge < -0.3 is 5.32 Å². The van der Waals surface area contributed by atoms with Crippen LogP contribution in [0, 0.1) is 11.8 Å². The molecule has 2 heterocycles. The van der Waals surface area contributed by atoms with Gasteiger partial charge in [-0.25, -0.2) is 0 Å². The van der Waals surface area contributed by atoms with E-state index >= 15 is 0 Å². The Balaban J connectivity index is 1.62. The number of nitrogens with zero attached hydrogens (tertiary/aromatic N) is 1. The van der Waals surface area contributed by atoms with Crippen molar-refractivity contribution in [3.8, 4) is 0 Å². The number of hydrogen-bond acceptors (Lipinski definition) is 2. The molecule has 0 aromatic heterocycles. The van der Waals surface area contributed by atoms with Gasteiger partial charge in [-0.05, 0) is 55.3 Å². The Morgan fingerprint density at radius 3 is 2.65 bits per heavy atom. The van der Waals surface area contributed by atoms with E-state index in [-0.39, 0.29) is 0 Å². The molecule has 2 fully saturated rings. The Bertz CT molecular complexity index is 424. The molecule has 1 aromatic rings. The van der Waals surface area contributed by atoms with E-state index in [0.717, 1.165) is 24.4 Å². The highest BCUT2D eigenvalue weighted by atomic mass is 15.2. The Labute approximate surface area is 123 Å². The standard InChI is InChI=1S/C18H28N2/c1-14(2)10-15-5-7-16(8-6-15)13-20-9-3-4-17-11-19-12-18(17)20/h5-8,14,17-19H,3-4,9-13H2,1-2H3. The molecule has 110 valence electrons. The number of piperidine rings is 1. The second-order valence-electron chi connectivity index (χ2n) is 7.01. The summed E-state index contributed by atoms with van der Waals surface area (Å²) in [7, 11) is 0. The fraction of sp³-hybridized carbons (Fsp3) is 0.667. The minimum Gasteiger partial charge on any atom is -0.315 e. The van der Waals surface area contributed by atoms with Gasteiger partial charge in [0.1, 0.15) is 0 Å². The molecule has 2 nitrogen and oxygen atoms in total. The minimum atomic E-state index is 0.744. The van der Waals surface area contributed by atoms with E-state index in [1.54, 1.807) is 0 Å². The average molecular weight is 272 g/mol. The maximum Gasteiger partial charge on any atom is 0.0264 e. The van der Waals surface area contributed by atoms with Gasteiger partial charge in [-0.3, -0.25) is 4.90 Å². The Hall–Kier alpha value is -0.860. The van der Waals surface area contributed by atoms with Crippen LogP contribution in [-0.2, 0) is 13.0 Å². The third-order valence-electron chi connectivity index (χ3n) is 4.85. The van der Waals surface area contributed by atoms with Gasteiger partial charge >= 0.3 is 0 Å². The molecule has 20 heavy (non-hydrogen) atoms. The van der Waals surface area contributed by atoms with Crippen molar-refractivity contribution in [1.82, 2.24) is 10.2 Å². The molecule has 0 spiro atoms. The molecule has 1 N–H and O–H groups in total. The molecule has 2 unspecified atom stereocenters. The zero-order valence-electron chi connectivity index (χ0n) is 12.9. The lowest BCUT2D eigenvalue weighted by Gasteiger charge is -2.37. The summed E-state index contributed by atoms with van der Waals surface area (Å²) in [5, 5.41) is 3.57. The predicted octanol–water partition coefficient (Wildman–Crippen LogP) is 3.07. The molecule has 2 saturated heterocycles. The Kier molecular flexibility index (Phi) is 4.42. The first-order valence-corrected chi connectivity index (χ1v) is 8.25. The highest BCUT2D eigenvalue weighted by Crippen LogP contribution is 2.27. The lowest BCUT2D eigenvalue weighted by Crippen LogP contribution is -2.44. The number of hydrogen-bond donors (Lipinski definition) is 1. The van der Waals surface area contributed by atoms with Crippen molar-refractivity contribution in [2.24, 2.45) is 11.8 Å². The van der Waals surface area contributed by atoms with Gasteiger partial charge in [0.15, 0.2) is 0 Å². The quantitative estimate of drug-likeness (QED) is 0.906. The van der Waals surface area contributed by atoms with Crippen LogP contribution >= 0.6 is 0 Å². The van der Waals surface area contributed by atoms with Crippen LogP contribution in [0.3, 0.4) is 0 Å². The maximum atomic E-state index is 3.57. The minimum absolute atomic E-state index is 0.744. The van der Waals surface area contributed by atoms with Crippen molar-refractivity contribution in [3.63, 3.8) is 0 Å². The van der Waals surface area contributed by atoms with Crippen LogP contribution in [0.1, 0.15) is 37.8 Å². The summed E-state index contributed by atoms with van der Waals surface area (Å²) in [5.74, 6) is 1.64. The molecule has 0 aliphatic carbocycles. The van der Waals surface area contributed by atoms with Crippen LogP contribution in [0.2, 0.25) is 0 Å². The van der Waals surface area contributed by atoms with E-state index in [9.17, 15) is 0 Å². The topological polar surface area (TPSA) is 15.3 Å². The number of nitrogens with one attached hydrogen (secondary N) is 1. The van der Waals surface area contributed by atoms with Gasteiger partial charge in [0, 0.05) is 19.1 Å². The highest BCUT2D eigenvalue weighted by molar-refractivity contribution is 5.23. The van der Waals surface area contributed by atoms with Gasteiger partial charge in [-0.2, -0.15) is 0 Å². The van der Waals surface area contributed by atoms with Gasteiger partial charge in [0.2, 0.25) is 0 Å². The van der Waals surface area contributed by atoms with Crippen LogP contribution in [-0.4, -0.2) is 30.6 Å². The van der Waals surface area contributed by atoms with E-state index in [4.69, 9.17) is 0 Å². The zero-order chi connectivity index (χ0) is 13.9. The normalized spacial score (nSPS) is 26.9. The zero-order valence-corrected chi connectivity index (χ0v) is 12.9. The van der Waals surface area contributed by atoms with Gasteiger partial charge in [0.25, 0.3) is 0 Å². The molecular formula is C18H28N2. The van der Waals surface area contributed by atoms with Gasteiger partial charge in [0.05, 0.1) is 0 Å². The number of likely N-dealkylation sites (tertiary alicyclic amines) is 1. The second kappa shape index (κ2) is 6.28. The van der Waals surface area contributed by atoms with Crippen LogP contribution < -0.4 is 5.32 Å². The van der Waals surface area contributed by atoms with Gasteiger partial charge in [-0.1, -0.05) is 38.1 Å². The fourth-order valence-electron chi connectivity index (χ4n) is 3.85. The maximum absolute atomic E-state index is 3.57. The first kappa shape index (κ1) is 14.1. The molecule has 2 aliphatic heterocycles. The first-order chi connectivity index (χ1) is 9.72. The molecule has 2 aliphatic rings. The molecular weight excluding hydrogens is 244 g/mol. The SMILES string of the molecule is CC(C)Cc1ccc(CN2CCCC3CNCC32)cc1. The average Bonchev–Trinajstić information content (AvgIpc) is 2.90. The Morgan fingerprint density at radius 1 is 1.15 bits per heavy atom. The van der Waals surface area contributed by atoms with E-state index in [2.05, 4.69) is 48.3 Å². The van der Waals surface area contributed by atoms with Crippen molar-refractivity contribution in [2.75, 3.05) is 19.6 Å². The lowest BCUT2D eigenvalue weighted by molar-refractivity contribution is 0.117. The van der Waals surface area contributed by atoms with Crippen molar-refractivity contribution in [2.45, 2.75) is 45.7 Å². The smallest absolute Gasteiger partial charge is 0.0264 e. The van der Waals surface area contributed by atoms with Crippen molar-refractivity contribution < 1.29 is 0 Å². The van der Waals surface area contributed by atoms with Crippen molar-refractivity contribution >= 4 is 0 Å². The molecule has 0 bridgehead atoms. The fourth-order valence-corrected chi connectivity index (χ4v) is 3.85. The number of benzene rings is 1. The van der Waals surface area contributed by atoms with Crippen LogP contribution in [0.25, 0.3) is 0 Å². The van der Waals surface area contributed by atoms with Crippen LogP contribution in [0.5, 0.6) is 0 Å². The van der Waals surface area contributed by atoms with E-state index in [1.165, 1.54) is 50.0 Å². The molecule has 0 saturated carbocycles. The van der Waals surface area contributed by atoms with E-state index in [0.29, 0.717) is 0 Å². The van der Waals surface area contributed by atoms with E-state index in [1.807, 2.05) is 0 Å². The highest BCUT2D eigenvalue weighted by Gasteiger charge is 2.34. The van der Waals surface area contributed by atoms with Crippen molar-refractivity contribution in [1.29, 1.82) is 0 Å². The predicted molar refractivity (Wildman–Crippen MR) is 84.8 cm³/mol. The third-order valence-corrected chi connectivity index (χ3v) is 4.85. The third kappa shape index (κ3) is 3.24. The second-order valence-corrected chi connectivity index (χ2v) is 7.01. The largest absolute Gasteiger partial charge is 0.315 e. The molecule has 1 aromatic carbocycles. The Morgan fingerprint density at radius 2 is 1.90 bits per heavy atom. The van der Waals surface area contributed by atoms with Gasteiger partial charge in [-0.15, -0.1) is 0 Å². The molecule has 2 heteroatoms. The summed E-state index contributed by atoms with van der Waals surface area (Å²) in [6.45, 7) is 9.40. The molecule has 0 amide bonds. The van der Waals surface area contributed by atoms with Crippen LogP contribution in [0.4, 0.5) is 0 Å². The summed E-state index contributed by atoms with van der Waals surface area (Å²) < 4.78 is 0. The first-order valence-electron chi connectivity index (χ1n) is 8.25. The monoisotopic (exact) mass is 272 g/mol. The van der Waals surface area contributed by atoms with E-state index < -0.39 is 0 Å². The molecule has 2 atom stereocenters. The summed E-state index contributed by atoms with van der Waals surface area (Å²) in [5.41, 5.74) is 2.95. The van der Waals surface area contributed by atoms with Crippen LogP contribution in [0.15, 0.2) is 24.3 Å². The molecule has 0 radical (unpaired) electrons. The summed E-state index contributed by atoms with van der Waals surface area (Å²) in [6.07, 6.45) is 3.98. The van der Waals surface area contributed by atoms with Crippen molar-refractivity contribution in [3.05, 3.63) is 35.4 Å². The number of rotatable bonds is 4. The lowest BCUT2D eigenvalue weighted by atomic mass is 9.91. The summed E-state index contributed by atoms with van der Waals surface area (Å²) in [4.78, 5) is 2.70. The molecule has 3 rings (SSSR count).